The predicted octanol–water partition coefficient (Wildman–Crippen LogP) is 1.17. The number of aliphatic hydroxyl groups is 2. The van der Waals surface area contributed by atoms with Gasteiger partial charge in [0.05, 0.1) is 41.6 Å². The summed E-state index contributed by atoms with van der Waals surface area (Å²) in [5.41, 5.74) is -0.109. The molecule has 0 aliphatic carbocycles. The fourth-order valence-electron chi connectivity index (χ4n) is 2.07. The van der Waals surface area contributed by atoms with Crippen molar-refractivity contribution < 1.29 is 83.2 Å². The zero-order valence-corrected chi connectivity index (χ0v) is 31.2. The molecule has 14 nitrogen and oxygen atoms in total. The number of nitrogens with zero attached hydrogens (tertiary/aromatic N) is 3. The molecule has 0 aliphatic heterocycles. The monoisotopic (exact) mass is 783 g/mol. The van der Waals surface area contributed by atoms with Crippen molar-refractivity contribution in [2.45, 2.75) is 6.61 Å². The number of halogens is 6. The van der Waals surface area contributed by atoms with Crippen LogP contribution in [0.1, 0.15) is 37.2 Å². The van der Waals surface area contributed by atoms with E-state index in [9.17, 15) is 14.4 Å². The molecular weight excluding hydrogens is 762 g/mol. The Morgan fingerprint density at radius 1 is 0.778 bits per heavy atom. The summed E-state index contributed by atoms with van der Waals surface area (Å²) in [4.78, 5) is 42.9. The molecule has 0 spiro atoms. The van der Waals surface area contributed by atoms with Crippen molar-refractivity contribution in [1.29, 1.82) is 0 Å². The summed E-state index contributed by atoms with van der Waals surface area (Å²) >= 11 is 22.1. The van der Waals surface area contributed by atoms with E-state index in [1.807, 2.05) is 0 Å². The molecule has 0 saturated heterocycles. The first-order valence-electron chi connectivity index (χ1n) is 10.6. The Bertz CT molecular complexity index is 1360. The second-order valence-corrected chi connectivity index (χ2v) is 10.4. The normalized spacial score (nSPS) is 8.76. The van der Waals surface area contributed by atoms with Crippen LogP contribution >= 0.6 is 67.8 Å². The summed E-state index contributed by atoms with van der Waals surface area (Å²) in [6, 6.07) is 8.77. The van der Waals surface area contributed by atoms with Gasteiger partial charge in [0, 0.05) is 34.5 Å². The maximum Gasteiger partial charge on any atom is 1.00 e. The number of carboxylic acids is 2. The van der Waals surface area contributed by atoms with Gasteiger partial charge in [0.1, 0.15) is 5.15 Å². The number of aromatic carboxylic acids is 2. The molecule has 3 heterocycles. The fraction of sp³-hybridized carbons (Fsp3) is 0.217. The van der Waals surface area contributed by atoms with Crippen LogP contribution in [-0.2, 0) is 20.6 Å². The molecule has 0 unspecified atom stereocenters. The summed E-state index contributed by atoms with van der Waals surface area (Å²) in [7, 11) is 11.8. The summed E-state index contributed by atoms with van der Waals surface area (Å²) in [6.07, 6.45) is 0. The molecule has 45 heavy (non-hydrogen) atoms. The number of hydrogen-bond donors (Lipinski definition) is 4. The minimum absolute atomic E-state index is 0. The van der Waals surface area contributed by atoms with Gasteiger partial charge in [-0.15, -0.1) is 0 Å². The Kier molecular flexibility index (Phi) is 33.3. The molecule has 0 bridgehead atoms. The van der Waals surface area contributed by atoms with Crippen molar-refractivity contribution in [1.82, 2.24) is 15.0 Å². The van der Waals surface area contributed by atoms with Gasteiger partial charge in [0.15, 0.2) is 17.1 Å². The number of carbonyl (C=O) groups excluding carboxylic acids is 1. The van der Waals surface area contributed by atoms with Gasteiger partial charge in [0.25, 0.3) is 0 Å². The Morgan fingerprint density at radius 3 is 1.56 bits per heavy atom. The zero-order valence-electron chi connectivity index (χ0n) is 23.8. The average Bonchev–Trinajstić information content (AvgIpc) is 3.00. The van der Waals surface area contributed by atoms with Crippen molar-refractivity contribution >= 4 is 94.9 Å². The van der Waals surface area contributed by atoms with Crippen LogP contribution < -0.4 is 39.4 Å². The Balaban J connectivity index is -0.000000249. The second-order valence-electron chi connectivity index (χ2n) is 6.23. The van der Waals surface area contributed by atoms with Gasteiger partial charge in [-0.2, -0.15) is 7.11 Å². The molecule has 4 N–H and O–H groups in total. The number of pyridine rings is 3. The van der Waals surface area contributed by atoms with Crippen LogP contribution in [0.25, 0.3) is 0 Å². The first-order valence-corrected chi connectivity index (χ1v) is 14.9. The number of carboxylic acid groups (broad SMARTS) is 2. The molecule has 3 rings (SSSR count). The van der Waals surface area contributed by atoms with E-state index in [1.54, 1.807) is 6.07 Å². The second kappa shape index (κ2) is 29.8. The third-order valence-electron chi connectivity index (χ3n) is 3.69. The first-order chi connectivity index (χ1) is 20.7. The largest absolute Gasteiger partial charge is 1.00 e. The summed E-state index contributed by atoms with van der Waals surface area (Å²) in [5, 5.41) is 41.4. The van der Waals surface area contributed by atoms with Crippen molar-refractivity contribution in [3.05, 3.63) is 79.4 Å². The van der Waals surface area contributed by atoms with Gasteiger partial charge in [-0.05, 0) is 30.3 Å². The maximum atomic E-state index is 11.1. The van der Waals surface area contributed by atoms with Gasteiger partial charge < -0.3 is 35.0 Å². The number of carbonyl (C=O) groups is 3. The van der Waals surface area contributed by atoms with Crippen LogP contribution in [0.3, 0.4) is 0 Å². The minimum Gasteiger partial charge on any atom is -0.857 e. The summed E-state index contributed by atoms with van der Waals surface area (Å²) < 4.78 is 18.4. The van der Waals surface area contributed by atoms with Gasteiger partial charge in [-0.3, -0.25) is 0 Å². The Hall–Kier alpha value is -1.57. The van der Waals surface area contributed by atoms with E-state index in [-0.39, 0.29) is 79.2 Å². The number of hydrogen-bond acceptors (Lipinski definition) is 12. The third-order valence-corrected chi connectivity index (χ3v) is 4.82. The molecule has 0 radical (unpaired) electrons. The van der Waals surface area contributed by atoms with Crippen molar-refractivity contribution in [2.75, 3.05) is 28.4 Å². The van der Waals surface area contributed by atoms with Crippen LogP contribution in [-0.4, -0.2) is 85.9 Å². The molecule has 0 fully saturated rings. The quantitative estimate of drug-likeness (QED) is 0.123. The van der Waals surface area contributed by atoms with Gasteiger partial charge in [0.2, 0.25) is 15.1 Å². The maximum absolute atomic E-state index is 11.1. The fourth-order valence-corrected chi connectivity index (χ4v) is 2.77. The molecule has 3 aromatic rings. The van der Waals surface area contributed by atoms with Crippen LogP contribution in [0.4, 0.5) is 0 Å². The van der Waals surface area contributed by atoms with Gasteiger partial charge in [-0.1, -0.05) is 46.4 Å². The van der Waals surface area contributed by atoms with Crippen molar-refractivity contribution in [2.24, 2.45) is 0 Å². The number of aliphatic hydroxyl groups excluding tert-OH is 2. The Labute approximate surface area is 310 Å². The van der Waals surface area contributed by atoms with E-state index >= 15 is 0 Å². The molecule has 0 aliphatic rings. The third kappa shape index (κ3) is 22.6. The molecule has 0 aromatic carbocycles. The molecule has 0 atom stereocenters. The van der Waals surface area contributed by atoms with E-state index in [0.717, 1.165) is 14.2 Å². The number of ether oxygens (including phenoxy) is 2. The number of esters is 1. The number of methoxy groups -OCH3 is 2. The summed E-state index contributed by atoms with van der Waals surface area (Å²) in [5.74, 6) is -2.64. The van der Waals surface area contributed by atoms with Crippen molar-refractivity contribution in [3.8, 4) is 5.88 Å². The Morgan fingerprint density at radius 2 is 1.18 bits per heavy atom. The number of rotatable bonds is 5. The van der Waals surface area contributed by atoms with Crippen molar-refractivity contribution in [3.63, 3.8) is 0 Å². The zero-order chi connectivity index (χ0) is 35.0. The topological polar surface area (TPSA) is 229 Å². The van der Waals surface area contributed by atoms with Gasteiger partial charge >= 0.3 is 47.5 Å². The average molecular weight is 786 g/mol. The van der Waals surface area contributed by atoms with E-state index in [0.29, 0.717) is 5.88 Å². The van der Waals surface area contributed by atoms with Gasteiger partial charge in [-0.25, -0.2) is 33.5 Å². The molecular formula is C23H24Cl6N3NaO11S. The van der Waals surface area contributed by atoms with Crippen LogP contribution in [0.5, 0.6) is 5.88 Å². The van der Waals surface area contributed by atoms with Crippen LogP contribution in [0, 0.1) is 0 Å². The van der Waals surface area contributed by atoms with E-state index in [2.05, 4.69) is 41.1 Å². The SMILES string of the molecule is CO.COC(=O)c1nc(OC)ccc1Cl.C[O-].O=C(O)c1nc(CO)ccc1Cl.O=C(O)c1nc(Cl)ccc1Cl.O=S(Cl)Cl.[Na+]. The smallest absolute Gasteiger partial charge is 0.857 e. The molecule has 0 saturated carbocycles. The van der Waals surface area contributed by atoms with E-state index in [4.69, 9.17) is 80.9 Å². The molecule has 3 aromatic heterocycles. The minimum atomic E-state index is -1.67. The predicted molar refractivity (Wildman–Crippen MR) is 164 cm³/mol. The van der Waals surface area contributed by atoms with E-state index < -0.39 is 27.1 Å². The molecule has 22 heteroatoms. The standard InChI is InChI=1S/C8H8ClNO3.C7H6ClNO3.C6H3Cl2NO2.CH4O.CH3O.Cl2OS.Na/c1-12-6-4-3-5(9)7(10-6)8(11)13-2;8-5-2-1-4(3-10)9-6(5)7(11)12;7-3-1-2-4(8)9-5(3)6(10)11;2*1-2;1-4(2)3;/h3-4H,1-2H3;1-2,10H,3H2,(H,11,12);1-2H,(H,10,11);2H,1H3;1H3;;/q;;;;-1;;+1. The number of aromatic nitrogens is 3. The van der Waals surface area contributed by atoms with Crippen LogP contribution in [0.15, 0.2) is 36.4 Å². The molecule has 246 valence electrons. The molecule has 0 amide bonds. The first kappa shape index (κ1) is 50.3. The van der Waals surface area contributed by atoms with E-state index in [1.165, 1.54) is 44.6 Å². The van der Waals surface area contributed by atoms with Crippen LogP contribution in [0.2, 0.25) is 20.2 Å². The summed E-state index contributed by atoms with van der Waals surface area (Å²) in [6.45, 7) is -0.294.